The highest BCUT2D eigenvalue weighted by Crippen LogP contribution is 2.36. The molecule has 9 nitrogen and oxygen atoms in total. The van der Waals surface area contributed by atoms with Crippen LogP contribution in [0.5, 0.6) is 11.5 Å². The number of benzene rings is 1. The van der Waals surface area contributed by atoms with Crippen LogP contribution in [-0.2, 0) is 14.8 Å². The zero-order valence-electron chi connectivity index (χ0n) is 15.0. The Labute approximate surface area is 170 Å². The number of nitrogens with zero attached hydrogens (tertiary/aromatic N) is 3. The third kappa shape index (κ3) is 4.75. The normalized spacial score (nSPS) is 12.6. The smallest absolute Gasteiger partial charge is 0.246 e. The summed E-state index contributed by atoms with van der Waals surface area (Å²) in [5.74, 6) is 0.958. The molecule has 0 fully saturated rings. The Bertz CT molecular complexity index is 976. The molecule has 0 spiro atoms. The minimum atomic E-state index is -3.70. The van der Waals surface area contributed by atoms with Crippen molar-refractivity contribution in [3.8, 4) is 11.5 Å². The molecule has 0 aliphatic carbocycles. The van der Waals surface area contributed by atoms with E-state index in [2.05, 4.69) is 22.1 Å². The van der Waals surface area contributed by atoms with Gasteiger partial charge in [0, 0.05) is 11.8 Å². The highest BCUT2D eigenvalue weighted by molar-refractivity contribution is 8.01. The molecule has 1 aliphatic heterocycles. The Kier molecular flexibility index (Phi) is 6.42. The fourth-order valence-corrected chi connectivity index (χ4v) is 4.87. The summed E-state index contributed by atoms with van der Waals surface area (Å²) in [6.45, 7) is 4.82. The molecular formula is C16H18N4O5S3. The van der Waals surface area contributed by atoms with Gasteiger partial charge in [0.05, 0.1) is 11.4 Å². The van der Waals surface area contributed by atoms with Gasteiger partial charge in [-0.2, -0.15) is 0 Å². The number of nitrogens with one attached hydrogen (secondary N) is 1. The van der Waals surface area contributed by atoms with Crippen LogP contribution in [0.3, 0.4) is 0 Å². The molecule has 0 saturated carbocycles. The van der Waals surface area contributed by atoms with Crippen LogP contribution in [-0.4, -0.2) is 49.4 Å². The predicted octanol–water partition coefficient (Wildman–Crippen LogP) is 2.34. The summed E-state index contributed by atoms with van der Waals surface area (Å²) in [4.78, 5) is 12.5. The number of fused-ring (bicyclic) bond motifs is 1. The topological polar surface area (TPSA) is 111 Å². The SMILES string of the molecule is C=CCSc1nnc(NC(=O)CN(c2ccc3c(c2)OCO3)S(=O)(=O)CC)s1. The Morgan fingerprint density at radius 1 is 1.39 bits per heavy atom. The molecule has 1 N–H and O–H groups in total. The van der Waals surface area contributed by atoms with Gasteiger partial charge in [0.15, 0.2) is 15.8 Å². The second-order valence-corrected chi connectivity index (χ2v) is 9.89. The van der Waals surface area contributed by atoms with E-state index in [1.807, 2.05) is 0 Å². The molecule has 1 aromatic heterocycles. The molecule has 0 unspecified atom stereocenters. The fourth-order valence-electron chi connectivity index (χ4n) is 2.28. The Hall–Kier alpha value is -2.31. The van der Waals surface area contributed by atoms with E-state index < -0.39 is 22.5 Å². The molecule has 2 aromatic rings. The minimum absolute atomic E-state index is 0.0725. The van der Waals surface area contributed by atoms with Crippen LogP contribution in [0.4, 0.5) is 10.8 Å². The molecule has 0 radical (unpaired) electrons. The van der Waals surface area contributed by atoms with Crippen LogP contribution in [0.25, 0.3) is 0 Å². The molecule has 150 valence electrons. The fraction of sp³-hybridized carbons (Fsp3) is 0.312. The van der Waals surface area contributed by atoms with Gasteiger partial charge in [-0.15, -0.1) is 16.8 Å². The molecule has 3 rings (SSSR count). The van der Waals surface area contributed by atoms with E-state index in [0.717, 1.165) is 4.31 Å². The second kappa shape index (κ2) is 8.80. The summed E-state index contributed by atoms with van der Waals surface area (Å²) >= 11 is 2.65. The first kappa shape index (κ1) is 20.4. The maximum absolute atomic E-state index is 12.5. The zero-order valence-corrected chi connectivity index (χ0v) is 17.4. The Morgan fingerprint density at radius 2 is 2.18 bits per heavy atom. The first-order chi connectivity index (χ1) is 13.4. The number of anilines is 2. The molecule has 1 aliphatic rings. The number of aromatic nitrogens is 2. The van der Waals surface area contributed by atoms with E-state index in [0.29, 0.717) is 32.4 Å². The molecule has 0 bridgehead atoms. The van der Waals surface area contributed by atoms with Gasteiger partial charge in [-0.3, -0.25) is 14.4 Å². The van der Waals surface area contributed by atoms with E-state index >= 15 is 0 Å². The van der Waals surface area contributed by atoms with Crippen LogP contribution in [0.15, 0.2) is 35.2 Å². The van der Waals surface area contributed by atoms with Crippen molar-refractivity contribution in [3.63, 3.8) is 0 Å². The van der Waals surface area contributed by atoms with Crippen molar-refractivity contribution >= 4 is 49.8 Å². The first-order valence-electron chi connectivity index (χ1n) is 8.20. The number of carbonyl (C=O) groups excluding carboxylic acids is 1. The van der Waals surface area contributed by atoms with Crippen molar-refractivity contribution in [2.75, 3.05) is 34.5 Å². The number of carbonyl (C=O) groups is 1. The molecule has 12 heteroatoms. The summed E-state index contributed by atoms with van der Waals surface area (Å²) in [6.07, 6.45) is 1.74. The van der Waals surface area contributed by atoms with Crippen LogP contribution in [0, 0.1) is 0 Å². The van der Waals surface area contributed by atoms with Gasteiger partial charge in [0.2, 0.25) is 27.9 Å². The average Bonchev–Trinajstić information content (AvgIpc) is 3.32. The van der Waals surface area contributed by atoms with E-state index in [9.17, 15) is 13.2 Å². The maximum Gasteiger partial charge on any atom is 0.246 e. The Morgan fingerprint density at radius 3 is 2.93 bits per heavy atom. The van der Waals surface area contributed by atoms with Gasteiger partial charge in [0.1, 0.15) is 6.54 Å². The van der Waals surface area contributed by atoms with Crippen molar-refractivity contribution in [1.29, 1.82) is 0 Å². The summed E-state index contributed by atoms with van der Waals surface area (Å²) in [6, 6.07) is 4.72. The van der Waals surface area contributed by atoms with Crippen molar-refractivity contribution in [2.24, 2.45) is 0 Å². The predicted molar refractivity (Wildman–Crippen MR) is 109 cm³/mol. The van der Waals surface area contributed by atoms with E-state index in [1.165, 1.54) is 36.1 Å². The van der Waals surface area contributed by atoms with E-state index in [-0.39, 0.29) is 12.5 Å². The lowest BCUT2D eigenvalue weighted by molar-refractivity contribution is -0.114. The highest BCUT2D eigenvalue weighted by Gasteiger charge is 2.26. The highest BCUT2D eigenvalue weighted by atomic mass is 32.2. The van der Waals surface area contributed by atoms with E-state index in [1.54, 1.807) is 18.2 Å². The van der Waals surface area contributed by atoms with Gasteiger partial charge < -0.3 is 9.47 Å². The quantitative estimate of drug-likeness (QED) is 0.358. The minimum Gasteiger partial charge on any atom is -0.454 e. The number of hydrogen-bond acceptors (Lipinski definition) is 9. The summed E-state index contributed by atoms with van der Waals surface area (Å²) in [5, 5.41) is 10.7. The van der Waals surface area contributed by atoms with Crippen LogP contribution < -0.4 is 19.1 Å². The van der Waals surface area contributed by atoms with Gasteiger partial charge >= 0.3 is 0 Å². The lowest BCUT2D eigenvalue weighted by Crippen LogP contribution is -2.39. The van der Waals surface area contributed by atoms with Gasteiger partial charge in [-0.1, -0.05) is 29.2 Å². The summed E-state index contributed by atoms with van der Waals surface area (Å²) in [7, 11) is -3.70. The molecule has 28 heavy (non-hydrogen) atoms. The number of thioether (sulfide) groups is 1. The number of rotatable bonds is 9. The van der Waals surface area contributed by atoms with Crippen molar-refractivity contribution < 1.29 is 22.7 Å². The number of sulfonamides is 1. The van der Waals surface area contributed by atoms with E-state index in [4.69, 9.17) is 9.47 Å². The number of hydrogen-bond donors (Lipinski definition) is 1. The number of ether oxygens (including phenoxy) is 2. The third-order valence-corrected chi connectivity index (χ3v) is 7.32. The monoisotopic (exact) mass is 442 g/mol. The lowest BCUT2D eigenvalue weighted by atomic mass is 10.3. The van der Waals surface area contributed by atoms with Gasteiger partial charge in [0.25, 0.3) is 0 Å². The van der Waals surface area contributed by atoms with Crippen molar-refractivity contribution in [2.45, 2.75) is 11.3 Å². The molecule has 0 saturated heterocycles. The molecule has 1 aromatic carbocycles. The van der Waals surface area contributed by atoms with Crippen molar-refractivity contribution in [1.82, 2.24) is 10.2 Å². The van der Waals surface area contributed by atoms with Crippen molar-refractivity contribution in [3.05, 3.63) is 30.9 Å². The van der Waals surface area contributed by atoms with Gasteiger partial charge in [-0.25, -0.2) is 8.42 Å². The average molecular weight is 443 g/mol. The van der Waals surface area contributed by atoms with Crippen LogP contribution in [0.1, 0.15) is 6.92 Å². The maximum atomic E-state index is 12.5. The summed E-state index contributed by atoms with van der Waals surface area (Å²) < 4.78 is 37.4. The second-order valence-electron chi connectivity index (χ2n) is 5.47. The van der Waals surface area contributed by atoms with Gasteiger partial charge in [-0.05, 0) is 19.1 Å². The summed E-state index contributed by atoms with van der Waals surface area (Å²) in [5.41, 5.74) is 0.320. The molecule has 0 atom stereocenters. The molecule has 1 amide bonds. The van der Waals surface area contributed by atoms with Crippen LogP contribution in [0.2, 0.25) is 0 Å². The van der Waals surface area contributed by atoms with Crippen LogP contribution >= 0.6 is 23.1 Å². The molecule has 2 heterocycles. The standard InChI is InChI=1S/C16H18N4O5S3/c1-3-7-26-16-19-18-15(27-16)17-14(21)9-20(28(22,23)4-2)11-5-6-12-13(8-11)25-10-24-12/h3,5-6,8H,1,4,7,9-10H2,2H3,(H,17,18,21). The largest absolute Gasteiger partial charge is 0.454 e. The molecular weight excluding hydrogens is 424 g/mol. The lowest BCUT2D eigenvalue weighted by Gasteiger charge is -2.23. The first-order valence-corrected chi connectivity index (χ1v) is 11.6. The number of amides is 1. The third-order valence-electron chi connectivity index (χ3n) is 3.61. The Balaban J connectivity index is 1.75. The zero-order chi connectivity index (χ0) is 20.1.